The van der Waals surface area contributed by atoms with E-state index in [1.165, 1.54) is 0 Å². The van der Waals surface area contributed by atoms with Crippen molar-refractivity contribution >= 4 is 24.0 Å². The summed E-state index contributed by atoms with van der Waals surface area (Å²) in [5.41, 5.74) is 6.61. The maximum atomic E-state index is 12.0. The maximum Gasteiger partial charge on any atom is 0.416 e. The summed E-state index contributed by atoms with van der Waals surface area (Å²) in [6.45, 7) is -0.850. The molecule has 1 amide bonds. The number of nitrogens with one attached hydrogen (secondary N) is 1. The molecule has 0 spiro atoms. The van der Waals surface area contributed by atoms with Gasteiger partial charge in [-0.1, -0.05) is 12.1 Å². The van der Waals surface area contributed by atoms with Gasteiger partial charge >= 0.3 is 6.18 Å². The van der Waals surface area contributed by atoms with Gasteiger partial charge in [-0.15, -0.1) is 12.4 Å². The molecule has 0 saturated carbocycles. The predicted molar refractivity (Wildman–Crippen MR) is 66.9 cm³/mol. The number of halogens is 4. The van der Waals surface area contributed by atoms with E-state index in [0.29, 0.717) is 11.3 Å². The average molecular weight is 299 g/mol. The lowest BCUT2D eigenvalue weighted by molar-refractivity contribution is -0.201. The SMILES string of the molecule is Cl.Nc1ccc(CC(=O)NCC(O)C(F)(F)F)cc1. The van der Waals surface area contributed by atoms with Crippen LogP contribution in [0.2, 0.25) is 0 Å². The van der Waals surface area contributed by atoms with Crippen molar-refractivity contribution in [2.45, 2.75) is 18.7 Å². The van der Waals surface area contributed by atoms with Crippen LogP contribution in [0.5, 0.6) is 0 Å². The number of hydrogen-bond acceptors (Lipinski definition) is 3. The minimum Gasteiger partial charge on any atom is -0.399 e. The number of alkyl halides is 3. The van der Waals surface area contributed by atoms with Gasteiger partial charge in [-0.25, -0.2) is 0 Å². The molecule has 0 bridgehead atoms. The number of nitrogens with two attached hydrogens (primary N) is 1. The molecule has 0 aliphatic rings. The number of benzene rings is 1. The molecule has 1 unspecified atom stereocenters. The second-order valence-electron chi connectivity index (χ2n) is 3.78. The van der Waals surface area contributed by atoms with Gasteiger partial charge in [0.05, 0.1) is 13.0 Å². The molecule has 8 heteroatoms. The quantitative estimate of drug-likeness (QED) is 0.733. The monoisotopic (exact) mass is 298 g/mol. The third kappa shape index (κ3) is 6.30. The Balaban J connectivity index is 0.00000324. The summed E-state index contributed by atoms with van der Waals surface area (Å²) in [5.74, 6) is -0.594. The number of carbonyl (C=O) groups is 1. The molecule has 1 aromatic rings. The highest BCUT2D eigenvalue weighted by Crippen LogP contribution is 2.19. The molecule has 0 aliphatic heterocycles. The molecule has 0 heterocycles. The predicted octanol–water partition coefficient (Wildman–Crippen LogP) is 1.27. The van der Waals surface area contributed by atoms with Gasteiger partial charge in [0.1, 0.15) is 0 Å². The van der Waals surface area contributed by atoms with Crippen LogP contribution in [0, 0.1) is 0 Å². The molecule has 4 N–H and O–H groups in total. The molecular formula is C11H14ClF3N2O2. The zero-order valence-corrected chi connectivity index (χ0v) is 10.6. The maximum absolute atomic E-state index is 12.0. The van der Waals surface area contributed by atoms with Crippen LogP contribution < -0.4 is 11.1 Å². The normalized spacial score (nSPS) is 12.4. The van der Waals surface area contributed by atoms with Gasteiger partial charge < -0.3 is 16.2 Å². The summed E-state index contributed by atoms with van der Waals surface area (Å²) in [6.07, 6.45) is -7.34. The van der Waals surface area contributed by atoms with Crippen LogP contribution in [0.25, 0.3) is 0 Å². The highest BCUT2D eigenvalue weighted by molar-refractivity contribution is 5.85. The second-order valence-corrected chi connectivity index (χ2v) is 3.78. The Hall–Kier alpha value is -1.47. The molecular weight excluding hydrogens is 285 g/mol. The Morgan fingerprint density at radius 3 is 2.32 bits per heavy atom. The van der Waals surface area contributed by atoms with E-state index in [2.05, 4.69) is 0 Å². The number of carbonyl (C=O) groups excluding carboxylic acids is 1. The van der Waals surface area contributed by atoms with Gasteiger partial charge in [0.2, 0.25) is 5.91 Å². The second kappa shape index (κ2) is 7.20. The smallest absolute Gasteiger partial charge is 0.399 e. The number of aliphatic hydroxyl groups is 1. The van der Waals surface area contributed by atoms with Gasteiger partial charge in [-0.3, -0.25) is 4.79 Å². The number of rotatable bonds is 4. The summed E-state index contributed by atoms with van der Waals surface area (Å²) >= 11 is 0. The highest BCUT2D eigenvalue weighted by atomic mass is 35.5. The Morgan fingerprint density at radius 1 is 1.32 bits per heavy atom. The summed E-state index contributed by atoms with van der Waals surface area (Å²) in [5, 5.41) is 10.7. The molecule has 0 aromatic heterocycles. The fraction of sp³-hybridized carbons (Fsp3) is 0.364. The van der Waals surface area contributed by atoms with Gasteiger partial charge in [0.25, 0.3) is 0 Å². The number of hydrogen-bond donors (Lipinski definition) is 3. The molecule has 0 aliphatic carbocycles. The third-order valence-corrected chi connectivity index (χ3v) is 2.21. The summed E-state index contributed by atoms with van der Waals surface area (Å²) in [6, 6.07) is 6.39. The fourth-order valence-electron chi connectivity index (χ4n) is 1.21. The van der Waals surface area contributed by atoms with Crippen LogP contribution in [0.15, 0.2) is 24.3 Å². The van der Waals surface area contributed by atoms with Crippen molar-refractivity contribution in [3.8, 4) is 0 Å². The van der Waals surface area contributed by atoms with E-state index >= 15 is 0 Å². The molecule has 4 nitrogen and oxygen atoms in total. The lowest BCUT2D eigenvalue weighted by Gasteiger charge is -2.14. The zero-order chi connectivity index (χ0) is 13.8. The van der Waals surface area contributed by atoms with Crippen LogP contribution in [0.3, 0.4) is 0 Å². The molecule has 0 fully saturated rings. The first-order valence-electron chi connectivity index (χ1n) is 5.15. The van der Waals surface area contributed by atoms with Crippen LogP contribution >= 0.6 is 12.4 Å². The van der Waals surface area contributed by atoms with Crippen molar-refractivity contribution < 1.29 is 23.1 Å². The minimum absolute atomic E-state index is 0. The van der Waals surface area contributed by atoms with Crippen molar-refractivity contribution in [2.24, 2.45) is 0 Å². The van der Waals surface area contributed by atoms with E-state index in [9.17, 15) is 18.0 Å². The molecule has 0 saturated heterocycles. The minimum atomic E-state index is -4.73. The van der Waals surface area contributed by atoms with Crippen molar-refractivity contribution in [2.75, 3.05) is 12.3 Å². The Bertz CT molecular complexity index is 409. The first-order valence-corrected chi connectivity index (χ1v) is 5.15. The zero-order valence-electron chi connectivity index (χ0n) is 9.78. The number of amides is 1. The van der Waals surface area contributed by atoms with Crippen LogP contribution in [-0.4, -0.2) is 29.8 Å². The molecule has 1 rings (SSSR count). The van der Waals surface area contributed by atoms with Crippen LogP contribution in [0.4, 0.5) is 18.9 Å². The molecule has 19 heavy (non-hydrogen) atoms. The summed E-state index contributed by atoms with van der Waals surface area (Å²) in [4.78, 5) is 11.3. The topological polar surface area (TPSA) is 75.4 Å². The number of aliphatic hydroxyl groups excluding tert-OH is 1. The Morgan fingerprint density at radius 2 is 1.84 bits per heavy atom. The van der Waals surface area contributed by atoms with Crippen LogP contribution in [-0.2, 0) is 11.2 Å². The van der Waals surface area contributed by atoms with Gasteiger partial charge in [-0.05, 0) is 17.7 Å². The Kier molecular flexibility index (Phi) is 6.64. The van der Waals surface area contributed by atoms with E-state index in [1.807, 2.05) is 5.32 Å². The van der Waals surface area contributed by atoms with Crippen molar-refractivity contribution in [3.05, 3.63) is 29.8 Å². The highest BCUT2D eigenvalue weighted by Gasteiger charge is 2.38. The number of nitrogen functional groups attached to an aromatic ring is 1. The van der Waals surface area contributed by atoms with Crippen LogP contribution in [0.1, 0.15) is 5.56 Å². The fourth-order valence-corrected chi connectivity index (χ4v) is 1.21. The van der Waals surface area contributed by atoms with E-state index in [1.54, 1.807) is 24.3 Å². The lowest BCUT2D eigenvalue weighted by Crippen LogP contribution is -2.41. The molecule has 108 valence electrons. The largest absolute Gasteiger partial charge is 0.416 e. The first-order chi connectivity index (χ1) is 8.29. The average Bonchev–Trinajstić information content (AvgIpc) is 2.28. The van der Waals surface area contributed by atoms with E-state index < -0.39 is 24.7 Å². The first kappa shape index (κ1) is 17.5. The van der Waals surface area contributed by atoms with Crippen molar-refractivity contribution in [3.63, 3.8) is 0 Å². The number of anilines is 1. The van der Waals surface area contributed by atoms with E-state index in [4.69, 9.17) is 10.8 Å². The third-order valence-electron chi connectivity index (χ3n) is 2.21. The van der Waals surface area contributed by atoms with Gasteiger partial charge in [0.15, 0.2) is 6.10 Å². The Labute approximate surface area is 114 Å². The van der Waals surface area contributed by atoms with E-state index in [-0.39, 0.29) is 18.8 Å². The lowest BCUT2D eigenvalue weighted by atomic mass is 10.1. The summed E-state index contributed by atoms with van der Waals surface area (Å²) < 4.78 is 35.9. The van der Waals surface area contributed by atoms with Crippen molar-refractivity contribution in [1.29, 1.82) is 0 Å². The molecule has 0 radical (unpaired) electrons. The standard InChI is InChI=1S/C11H13F3N2O2.ClH/c12-11(13,14)9(17)6-16-10(18)5-7-1-3-8(15)4-2-7;/h1-4,9,17H,5-6,15H2,(H,16,18);1H. The molecule has 1 atom stereocenters. The molecule has 1 aromatic carbocycles. The van der Waals surface area contributed by atoms with Crippen molar-refractivity contribution in [1.82, 2.24) is 5.32 Å². The van der Waals surface area contributed by atoms with Gasteiger partial charge in [-0.2, -0.15) is 13.2 Å². The summed E-state index contributed by atoms with van der Waals surface area (Å²) in [7, 11) is 0. The van der Waals surface area contributed by atoms with Gasteiger partial charge in [0, 0.05) is 5.69 Å². The van der Waals surface area contributed by atoms with E-state index in [0.717, 1.165) is 0 Å².